The number of hydrogen-bond acceptors (Lipinski definition) is 3. The predicted molar refractivity (Wildman–Crippen MR) is 50.1 cm³/mol. The summed E-state index contributed by atoms with van der Waals surface area (Å²) in [7, 11) is 1.65. The highest BCUT2D eigenvalue weighted by Gasteiger charge is 2.28. The smallest absolute Gasteiger partial charge is 0.149 e. The molecule has 0 saturated carbocycles. The van der Waals surface area contributed by atoms with Crippen molar-refractivity contribution in [3.05, 3.63) is 0 Å². The molecule has 3 nitrogen and oxygen atoms in total. The molecule has 0 bridgehead atoms. The maximum atomic E-state index is 11.1. The molecule has 0 N–H and O–H groups in total. The van der Waals surface area contributed by atoms with Gasteiger partial charge in [-0.1, -0.05) is 0 Å². The number of methoxy groups -OCH3 is 1. The average Bonchev–Trinajstić information content (AvgIpc) is 2.12. The number of carbonyl (C=O) groups excluding carboxylic acids is 1. The van der Waals surface area contributed by atoms with Crippen LogP contribution in [0.3, 0.4) is 0 Å². The molecule has 1 unspecified atom stereocenters. The van der Waals surface area contributed by atoms with Crippen molar-refractivity contribution in [1.82, 2.24) is 0 Å². The molecular formula is C10H17NO2. The summed E-state index contributed by atoms with van der Waals surface area (Å²) in [5.41, 5.74) is -0.798. The van der Waals surface area contributed by atoms with Gasteiger partial charge in [0, 0.05) is 13.7 Å². The fourth-order valence-corrected chi connectivity index (χ4v) is 1.04. The molecule has 0 aromatic rings. The summed E-state index contributed by atoms with van der Waals surface area (Å²) in [4.78, 5) is 11.1. The van der Waals surface area contributed by atoms with E-state index in [0.29, 0.717) is 13.0 Å². The SMILES string of the molecule is COCCCCC(C)(C#N)C(C)=O. The number of nitriles is 1. The highest BCUT2D eigenvalue weighted by molar-refractivity contribution is 5.84. The molecule has 0 aliphatic carbocycles. The van der Waals surface area contributed by atoms with Crippen LogP contribution in [-0.2, 0) is 9.53 Å². The van der Waals surface area contributed by atoms with Crippen LogP contribution in [0, 0.1) is 16.7 Å². The van der Waals surface area contributed by atoms with Crippen molar-refractivity contribution >= 4 is 5.78 Å². The maximum absolute atomic E-state index is 11.1. The zero-order chi connectivity index (χ0) is 10.3. The van der Waals surface area contributed by atoms with E-state index in [9.17, 15) is 4.79 Å². The zero-order valence-corrected chi connectivity index (χ0v) is 8.59. The summed E-state index contributed by atoms with van der Waals surface area (Å²) in [6.07, 6.45) is 2.39. The van der Waals surface area contributed by atoms with Gasteiger partial charge in [0.1, 0.15) is 11.2 Å². The van der Waals surface area contributed by atoms with Gasteiger partial charge in [-0.2, -0.15) is 5.26 Å². The molecule has 0 heterocycles. The summed E-state index contributed by atoms with van der Waals surface area (Å²) < 4.78 is 4.88. The van der Waals surface area contributed by atoms with E-state index in [2.05, 4.69) is 6.07 Å². The van der Waals surface area contributed by atoms with E-state index < -0.39 is 5.41 Å². The molecule has 0 radical (unpaired) electrons. The lowest BCUT2D eigenvalue weighted by atomic mass is 9.83. The lowest BCUT2D eigenvalue weighted by molar-refractivity contribution is -0.123. The molecule has 13 heavy (non-hydrogen) atoms. The van der Waals surface area contributed by atoms with Crippen LogP contribution in [0.2, 0.25) is 0 Å². The van der Waals surface area contributed by atoms with Crippen molar-refractivity contribution in [2.45, 2.75) is 33.1 Å². The number of Topliss-reactive ketones (excluding diaryl/α,β-unsaturated/α-hetero) is 1. The molecular weight excluding hydrogens is 166 g/mol. The summed E-state index contributed by atoms with van der Waals surface area (Å²) in [6, 6.07) is 2.06. The number of ketones is 1. The van der Waals surface area contributed by atoms with Gasteiger partial charge in [0.2, 0.25) is 0 Å². The fourth-order valence-electron chi connectivity index (χ4n) is 1.04. The molecule has 0 rings (SSSR count). The second-order valence-corrected chi connectivity index (χ2v) is 3.45. The number of hydrogen-bond donors (Lipinski definition) is 0. The predicted octanol–water partition coefficient (Wildman–Crippen LogP) is 1.92. The van der Waals surface area contributed by atoms with Crippen molar-refractivity contribution < 1.29 is 9.53 Å². The highest BCUT2D eigenvalue weighted by Crippen LogP contribution is 2.23. The molecule has 0 saturated heterocycles. The Bertz CT molecular complexity index is 207. The van der Waals surface area contributed by atoms with Crippen LogP contribution in [0.15, 0.2) is 0 Å². The van der Waals surface area contributed by atoms with Crippen molar-refractivity contribution in [3.63, 3.8) is 0 Å². The van der Waals surface area contributed by atoms with Gasteiger partial charge in [0.15, 0.2) is 0 Å². The van der Waals surface area contributed by atoms with E-state index in [1.807, 2.05) is 0 Å². The standard InChI is InChI=1S/C10H17NO2/c1-9(12)10(2,8-11)6-4-5-7-13-3/h4-7H2,1-3H3. The lowest BCUT2D eigenvalue weighted by Gasteiger charge is -2.16. The summed E-state index contributed by atoms with van der Waals surface area (Å²) in [6.45, 7) is 3.86. The number of rotatable bonds is 6. The third-order valence-electron chi connectivity index (χ3n) is 2.30. The van der Waals surface area contributed by atoms with Gasteiger partial charge in [-0.25, -0.2) is 0 Å². The molecule has 74 valence electrons. The van der Waals surface area contributed by atoms with Gasteiger partial charge in [-0.3, -0.25) is 4.79 Å². The monoisotopic (exact) mass is 183 g/mol. The van der Waals surface area contributed by atoms with Gasteiger partial charge in [0.05, 0.1) is 6.07 Å². The van der Waals surface area contributed by atoms with Gasteiger partial charge in [0.25, 0.3) is 0 Å². The molecule has 0 aromatic carbocycles. The minimum Gasteiger partial charge on any atom is -0.385 e. The summed E-state index contributed by atoms with van der Waals surface area (Å²) in [5, 5.41) is 8.81. The third-order valence-corrected chi connectivity index (χ3v) is 2.30. The Kier molecular flexibility index (Phi) is 5.33. The van der Waals surface area contributed by atoms with Crippen LogP contribution < -0.4 is 0 Å². The Labute approximate surface area is 79.7 Å². The summed E-state index contributed by atoms with van der Waals surface area (Å²) in [5.74, 6) is -0.0487. The first kappa shape index (κ1) is 12.1. The van der Waals surface area contributed by atoms with E-state index in [4.69, 9.17) is 10.00 Å². The first-order valence-corrected chi connectivity index (χ1v) is 4.48. The van der Waals surface area contributed by atoms with Gasteiger partial charge >= 0.3 is 0 Å². The zero-order valence-electron chi connectivity index (χ0n) is 8.59. The van der Waals surface area contributed by atoms with E-state index in [1.54, 1.807) is 14.0 Å². The Hall–Kier alpha value is -0.880. The van der Waals surface area contributed by atoms with Crippen molar-refractivity contribution in [1.29, 1.82) is 5.26 Å². The average molecular weight is 183 g/mol. The summed E-state index contributed by atoms with van der Waals surface area (Å²) >= 11 is 0. The Morgan fingerprint density at radius 1 is 1.54 bits per heavy atom. The number of carbonyl (C=O) groups is 1. The largest absolute Gasteiger partial charge is 0.385 e. The van der Waals surface area contributed by atoms with Crippen LogP contribution >= 0.6 is 0 Å². The van der Waals surface area contributed by atoms with Crippen LogP contribution in [0.25, 0.3) is 0 Å². The van der Waals surface area contributed by atoms with Gasteiger partial charge in [-0.05, 0) is 33.1 Å². The van der Waals surface area contributed by atoms with Crippen LogP contribution in [0.5, 0.6) is 0 Å². The molecule has 0 fully saturated rings. The molecule has 0 aromatic heterocycles. The second kappa shape index (κ2) is 5.71. The van der Waals surface area contributed by atoms with Crippen molar-refractivity contribution in [2.24, 2.45) is 5.41 Å². The maximum Gasteiger partial charge on any atom is 0.149 e. The first-order chi connectivity index (χ1) is 6.06. The first-order valence-electron chi connectivity index (χ1n) is 4.48. The number of ether oxygens (including phenoxy) is 1. The van der Waals surface area contributed by atoms with E-state index >= 15 is 0 Å². The molecule has 0 amide bonds. The minimum atomic E-state index is -0.798. The molecule has 0 aliphatic rings. The normalized spacial score (nSPS) is 14.6. The van der Waals surface area contributed by atoms with Crippen molar-refractivity contribution in [3.8, 4) is 6.07 Å². The van der Waals surface area contributed by atoms with Crippen LogP contribution in [-0.4, -0.2) is 19.5 Å². The quantitative estimate of drug-likeness (QED) is 0.591. The Morgan fingerprint density at radius 3 is 2.54 bits per heavy atom. The van der Waals surface area contributed by atoms with E-state index in [1.165, 1.54) is 6.92 Å². The molecule has 3 heteroatoms. The molecule has 1 atom stereocenters. The van der Waals surface area contributed by atoms with Crippen molar-refractivity contribution in [2.75, 3.05) is 13.7 Å². The fraction of sp³-hybridized carbons (Fsp3) is 0.800. The highest BCUT2D eigenvalue weighted by atomic mass is 16.5. The van der Waals surface area contributed by atoms with Gasteiger partial charge in [-0.15, -0.1) is 0 Å². The van der Waals surface area contributed by atoms with Crippen LogP contribution in [0.1, 0.15) is 33.1 Å². The van der Waals surface area contributed by atoms with E-state index in [-0.39, 0.29) is 5.78 Å². The second-order valence-electron chi connectivity index (χ2n) is 3.45. The lowest BCUT2D eigenvalue weighted by Crippen LogP contribution is -2.23. The molecule has 0 aliphatic heterocycles. The number of nitrogens with zero attached hydrogens (tertiary/aromatic N) is 1. The minimum absolute atomic E-state index is 0.0487. The third kappa shape index (κ3) is 4.05. The van der Waals surface area contributed by atoms with Crippen LogP contribution in [0.4, 0.5) is 0 Å². The topological polar surface area (TPSA) is 50.1 Å². The van der Waals surface area contributed by atoms with Gasteiger partial charge < -0.3 is 4.74 Å². The molecule has 0 spiro atoms. The van der Waals surface area contributed by atoms with E-state index in [0.717, 1.165) is 12.8 Å². The Morgan fingerprint density at radius 2 is 2.15 bits per heavy atom. The Balaban J connectivity index is 3.87. The number of unbranched alkanes of at least 4 members (excludes halogenated alkanes) is 1.